The molecular weight excluding hydrogens is 422 g/mol. The Kier molecular flexibility index (Phi) is 8.62. The van der Waals surface area contributed by atoms with Crippen LogP contribution in [0.15, 0.2) is 83.8 Å². The molecule has 6 heteroatoms. The van der Waals surface area contributed by atoms with Gasteiger partial charge in [0, 0.05) is 22.8 Å². The monoisotopic (exact) mass is 449 g/mol. The summed E-state index contributed by atoms with van der Waals surface area (Å²) in [5.41, 5.74) is 3.64. The average molecular weight is 450 g/mol. The third-order valence-corrected chi connectivity index (χ3v) is 6.34. The maximum atomic E-state index is 13.4. The zero-order valence-corrected chi connectivity index (χ0v) is 18.7. The minimum atomic E-state index is -1.11. The van der Waals surface area contributed by atoms with Crippen molar-refractivity contribution in [1.82, 2.24) is 5.32 Å². The number of hydrogen-bond donors (Lipinski definition) is 3. The lowest BCUT2D eigenvalue weighted by atomic mass is 9.91. The fraction of sp³-hybridized carbons (Fsp3) is 0.231. The van der Waals surface area contributed by atoms with Crippen molar-refractivity contribution in [2.75, 3.05) is 18.9 Å². The average Bonchev–Trinajstić information content (AvgIpc) is 2.82. The molecule has 0 saturated carbocycles. The number of ketones is 1. The van der Waals surface area contributed by atoms with Crippen LogP contribution in [0.5, 0.6) is 0 Å². The van der Waals surface area contributed by atoms with Gasteiger partial charge in [-0.05, 0) is 30.2 Å². The van der Waals surface area contributed by atoms with E-state index in [0.717, 1.165) is 21.6 Å². The second-order valence-electron chi connectivity index (χ2n) is 7.53. The van der Waals surface area contributed by atoms with Crippen molar-refractivity contribution in [3.8, 4) is 11.1 Å². The first-order valence-electron chi connectivity index (χ1n) is 10.5. The zero-order chi connectivity index (χ0) is 22.9. The topological polar surface area (TPSA) is 86.6 Å². The number of rotatable bonds is 11. The van der Waals surface area contributed by atoms with Gasteiger partial charge in [-0.25, -0.2) is 0 Å². The highest BCUT2D eigenvalue weighted by atomic mass is 32.2. The quantitative estimate of drug-likeness (QED) is 0.299. The van der Waals surface area contributed by atoms with Crippen molar-refractivity contribution in [1.29, 1.82) is 0 Å². The molecular formula is C26H27NO4S. The summed E-state index contributed by atoms with van der Waals surface area (Å²) in [6.45, 7) is 1.89. The molecule has 32 heavy (non-hydrogen) atoms. The molecule has 3 aromatic rings. The first kappa shape index (κ1) is 23.7. The number of hydrogen-bond acceptors (Lipinski definition) is 5. The van der Waals surface area contributed by atoms with Gasteiger partial charge in [0.1, 0.15) is 6.04 Å². The summed E-state index contributed by atoms with van der Waals surface area (Å²) in [4.78, 5) is 26.3. The molecule has 0 saturated heterocycles. The molecule has 0 amide bonds. The van der Waals surface area contributed by atoms with Crippen molar-refractivity contribution in [3.05, 3.63) is 90.0 Å². The molecule has 0 spiro atoms. The number of benzene rings is 3. The van der Waals surface area contributed by atoms with E-state index in [0.29, 0.717) is 11.3 Å². The highest BCUT2D eigenvalue weighted by molar-refractivity contribution is 7.99. The van der Waals surface area contributed by atoms with Gasteiger partial charge in [-0.3, -0.25) is 9.59 Å². The van der Waals surface area contributed by atoms with E-state index in [1.807, 2.05) is 73.7 Å². The minimum absolute atomic E-state index is 0.100. The van der Waals surface area contributed by atoms with E-state index in [1.165, 1.54) is 11.8 Å². The summed E-state index contributed by atoms with van der Waals surface area (Å²) in [7, 11) is 0. The number of carboxylic acids is 1. The summed E-state index contributed by atoms with van der Waals surface area (Å²) in [5.74, 6) is -1.84. The molecule has 5 nitrogen and oxygen atoms in total. The lowest BCUT2D eigenvalue weighted by molar-refractivity contribution is -0.140. The summed E-state index contributed by atoms with van der Waals surface area (Å²) >= 11 is 1.45. The van der Waals surface area contributed by atoms with Crippen LogP contribution in [-0.2, 0) is 4.79 Å². The van der Waals surface area contributed by atoms with E-state index in [2.05, 4.69) is 5.32 Å². The number of thioether (sulfide) groups is 1. The Balaban J connectivity index is 1.84. The van der Waals surface area contributed by atoms with Crippen molar-refractivity contribution in [3.63, 3.8) is 0 Å². The van der Waals surface area contributed by atoms with Gasteiger partial charge in [0.15, 0.2) is 5.78 Å². The fourth-order valence-corrected chi connectivity index (χ4v) is 4.48. The van der Waals surface area contributed by atoms with Crippen LogP contribution in [0.4, 0.5) is 0 Å². The lowest BCUT2D eigenvalue weighted by Gasteiger charge is -2.24. The normalized spacial score (nSPS) is 12.8. The number of aliphatic hydroxyl groups is 1. The van der Waals surface area contributed by atoms with Crippen molar-refractivity contribution in [2.24, 2.45) is 5.92 Å². The maximum Gasteiger partial charge on any atom is 0.321 e. The summed E-state index contributed by atoms with van der Waals surface area (Å²) < 4.78 is 0. The van der Waals surface area contributed by atoms with E-state index in [4.69, 9.17) is 5.11 Å². The van der Waals surface area contributed by atoms with Crippen molar-refractivity contribution >= 4 is 23.5 Å². The van der Waals surface area contributed by atoms with Gasteiger partial charge in [0.25, 0.3) is 0 Å². The highest BCUT2D eigenvalue weighted by Crippen LogP contribution is 2.26. The van der Waals surface area contributed by atoms with Crippen LogP contribution < -0.4 is 5.32 Å². The van der Waals surface area contributed by atoms with Crippen molar-refractivity contribution < 1.29 is 19.8 Å². The van der Waals surface area contributed by atoms with E-state index < -0.39 is 17.9 Å². The lowest BCUT2D eigenvalue weighted by Crippen LogP contribution is -2.48. The minimum Gasteiger partial charge on any atom is -0.480 e. The zero-order valence-electron chi connectivity index (χ0n) is 17.9. The maximum absolute atomic E-state index is 13.4. The molecule has 3 N–H and O–H groups in total. The Bertz CT molecular complexity index is 1020. The molecule has 2 atom stereocenters. The van der Waals surface area contributed by atoms with Crippen LogP contribution in [0.2, 0.25) is 0 Å². The summed E-state index contributed by atoms with van der Waals surface area (Å²) in [5, 5.41) is 21.8. The Morgan fingerprint density at radius 2 is 1.53 bits per heavy atom. The Hall–Kier alpha value is -2.93. The fourth-order valence-electron chi connectivity index (χ4n) is 3.44. The van der Waals surface area contributed by atoms with E-state index in [1.54, 1.807) is 12.1 Å². The Morgan fingerprint density at radius 1 is 0.906 bits per heavy atom. The van der Waals surface area contributed by atoms with Crippen LogP contribution in [0.25, 0.3) is 11.1 Å². The second kappa shape index (κ2) is 11.6. The molecule has 0 aromatic heterocycles. The summed E-state index contributed by atoms with van der Waals surface area (Å²) in [6.07, 6.45) is 0. The predicted octanol–water partition coefficient (Wildman–Crippen LogP) is 4.29. The molecule has 0 aliphatic carbocycles. The third kappa shape index (κ3) is 6.29. The number of aliphatic hydroxyl groups excluding tert-OH is 1. The van der Waals surface area contributed by atoms with Gasteiger partial charge in [-0.1, -0.05) is 72.3 Å². The van der Waals surface area contributed by atoms with Crippen LogP contribution >= 0.6 is 11.8 Å². The van der Waals surface area contributed by atoms with E-state index in [9.17, 15) is 14.7 Å². The predicted molar refractivity (Wildman–Crippen MR) is 128 cm³/mol. The number of carbonyl (C=O) groups is 2. The number of carboxylic acid groups (broad SMARTS) is 1. The Morgan fingerprint density at radius 3 is 2.12 bits per heavy atom. The molecule has 0 fully saturated rings. The first-order valence-corrected chi connectivity index (χ1v) is 11.4. The molecule has 0 radical (unpaired) electrons. The van der Waals surface area contributed by atoms with Gasteiger partial charge in [0.05, 0.1) is 12.5 Å². The number of carbonyl (C=O) groups excluding carboxylic acids is 1. The highest BCUT2D eigenvalue weighted by Gasteiger charge is 2.34. The molecule has 0 aliphatic heterocycles. The number of aryl methyl sites for hydroxylation is 1. The van der Waals surface area contributed by atoms with Gasteiger partial charge in [0.2, 0.25) is 0 Å². The SMILES string of the molecule is Cc1ccc(SCC(C(=O)c2ccc(-c3ccccc3)cc2)C(NCCO)C(=O)O)cc1. The molecule has 3 aromatic carbocycles. The molecule has 166 valence electrons. The Labute approximate surface area is 192 Å². The van der Waals surface area contributed by atoms with E-state index in [-0.39, 0.29) is 18.9 Å². The van der Waals surface area contributed by atoms with E-state index >= 15 is 0 Å². The van der Waals surface area contributed by atoms with Crippen LogP contribution in [0.3, 0.4) is 0 Å². The van der Waals surface area contributed by atoms with Gasteiger partial charge in [-0.2, -0.15) is 0 Å². The molecule has 0 bridgehead atoms. The number of aliphatic carboxylic acids is 1. The van der Waals surface area contributed by atoms with Crippen LogP contribution in [0, 0.1) is 12.8 Å². The largest absolute Gasteiger partial charge is 0.480 e. The molecule has 0 heterocycles. The standard InChI is InChI=1S/C26H27NO4S/c1-18-7-13-22(14-8-18)32-17-23(24(26(30)31)27-15-16-28)25(29)21-11-9-20(10-12-21)19-5-3-2-4-6-19/h2-14,23-24,27-28H,15-17H2,1H3,(H,30,31). The summed E-state index contributed by atoms with van der Waals surface area (Å²) in [6, 6.07) is 23.9. The van der Waals surface area contributed by atoms with Gasteiger partial charge < -0.3 is 15.5 Å². The number of nitrogens with one attached hydrogen (secondary N) is 1. The van der Waals surface area contributed by atoms with Crippen LogP contribution in [0.1, 0.15) is 15.9 Å². The smallest absolute Gasteiger partial charge is 0.321 e. The second-order valence-corrected chi connectivity index (χ2v) is 8.63. The van der Waals surface area contributed by atoms with Crippen LogP contribution in [-0.4, -0.2) is 46.9 Å². The van der Waals surface area contributed by atoms with Gasteiger partial charge in [-0.15, -0.1) is 11.8 Å². The van der Waals surface area contributed by atoms with Crippen molar-refractivity contribution in [2.45, 2.75) is 17.9 Å². The molecule has 0 aliphatic rings. The molecule has 2 unspecified atom stereocenters. The van der Waals surface area contributed by atoms with Gasteiger partial charge >= 0.3 is 5.97 Å². The first-order chi connectivity index (χ1) is 15.5. The molecule has 3 rings (SSSR count). The third-order valence-electron chi connectivity index (χ3n) is 5.21. The number of Topliss-reactive ketones (excluding diaryl/α,β-unsaturated/α-hetero) is 1.